The fourth-order valence-electron chi connectivity index (χ4n) is 2.81. The lowest BCUT2D eigenvalue weighted by Gasteiger charge is -2.16. The predicted molar refractivity (Wildman–Crippen MR) is 103 cm³/mol. The molecule has 0 saturated heterocycles. The van der Waals surface area contributed by atoms with Crippen molar-refractivity contribution in [3.63, 3.8) is 0 Å². The molecule has 1 N–H and O–H groups in total. The van der Waals surface area contributed by atoms with Gasteiger partial charge in [0.15, 0.2) is 0 Å². The molecule has 30 heavy (non-hydrogen) atoms. The second kappa shape index (κ2) is 8.62. The Kier molecular flexibility index (Phi) is 6.16. The van der Waals surface area contributed by atoms with E-state index in [2.05, 4.69) is 32.2 Å². The van der Waals surface area contributed by atoms with Gasteiger partial charge in [-0.25, -0.2) is 9.97 Å². The van der Waals surface area contributed by atoms with Crippen molar-refractivity contribution < 1.29 is 18.0 Å². The lowest BCUT2D eigenvalue weighted by atomic mass is 10.1. The van der Waals surface area contributed by atoms with Crippen molar-refractivity contribution in [2.75, 3.05) is 0 Å². The van der Waals surface area contributed by atoms with Crippen LogP contribution in [-0.2, 0) is 12.6 Å². The van der Waals surface area contributed by atoms with Crippen LogP contribution in [0.15, 0.2) is 49.3 Å². The van der Waals surface area contributed by atoms with Crippen LogP contribution in [0.25, 0.3) is 5.95 Å². The topological polar surface area (TPSA) is 85.6 Å². The van der Waals surface area contributed by atoms with Crippen LogP contribution < -0.4 is 5.32 Å². The molecular weight excluding hydrogens is 421 g/mol. The molecule has 2 aromatic heterocycles. The summed E-state index contributed by atoms with van der Waals surface area (Å²) < 4.78 is 40.6. The molecule has 7 nitrogen and oxygen atoms in total. The van der Waals surface area contributed by atoms with Gasteiger partial charge in [0.05, 0.1) is 27.9 Å². The van der Waals surface area contributed by atoms with Crippen molar-refractivity contribution >= 4 is 17.5 Å². The minimum absolute atomic E-state index is 0.285. The van der Waals surface area contributed by atoms with Crippen LogP contribution in [0.1, 0.15) is 40.3 Å². The van der Waals surface area contributed by atoms with Crippen molar-refractivity contribution in [2.24, 2.45) is 0 Å². The van der Waals surface area contributed by atoms with Gasteiger partial charge in [-0.3, -0.25) is 4.79 Å². The smallest absolute Gasteiger partial charge is 0.344 e. The van der Waals surface area contributed by atoms with Gasteiger partial charge in [-0.05, 0) is 25.1 Å². The second-order valence-corrected chi connectivity index (χ2v) is 6.61. The number of carbonyl (C=O) groups is 1. The number of nitrogens with one attached hydrogen (secondary N) is 1. The molecule has 0 aliphatic carbocycles. The Bertz CT molecular complexity index is 1070. The van der Waals surface area contributed by atoms with Crippen molar-refractivity contribution in [1.29, 1.82) is 0 Å². The van der Waals surface area contributed by atoms with Crippen LogP contribution in [0.3, 0.4) is 0 Å². The Balaban J connectivity index is 1.90. The van der Waals surface area contributed by atoms with Gasteiger partial charge in [-0.15, -0.1) is 11.7 Å². The number of rotatable bonds is 6. The van der Waals surface area contributed by atoms with Crippen molar-refractivity contribution in [3.05, 3.63) is 76.9 Å². The van der Waals surface area contributed by atoms with Crippen molar-refractivity contribution in [3.8, 4) is 5.95 Å². The maximum atomic E-state index is 13.1. The number of hydrogen-bond donors (Lipinski definition) is 1. The highest BCUT2D eigenvalue weighted by Crippen LogP contribution is 2.36. The number of allylic oxidation sites excluding steroid dienone is 1. The van der Waals surface area contributed by atoms with E-state index in [0.717, 1.165) is 12.1 Å². The molecule has 3 aromatic rings. The largest absolute Gasteiger partial charge is 0.417 e. The molecule has 2 heterocycles. The van der Waals surface area contributed by atoms with Gasteiger partial charge < -0.3 is 5.32 Å². The fraction of sp³-hybridized carbons (Fsp3) is 0.211. The normalized spacial score (nSPS) is 12.4. The third kappa shape index (κ3) is 4.33. The van der Waals surface area contributed by atoms with Crippen LogP contribution in [0.2, 0.25) is 5.02 Å². The summed E-state index contributed by atoms with van der Waals surface area (Å²) in [5.41, 5.74) is -0.385. The zero-order chi connectivity index (χ0) is 21.9. The zero-order valence-corrected chi connectivity index (χ0v) is 16.4. The summed E-state index contributed by atoms with van der Waals surface area (Å²) in [6.07, 6.45) is 0.393. The minimum atomic E-state index is -4.67. The molecule has 1 amide bonds. The molecule has 0 spiro atoms. The van der Waals surface area contributed by atoms with E-state index < -0.39 is 28.7 Å². The highest BCUT2D eigenvalue weighted by Gasteiger charge is 2.35. The third-order valence-corrected chi connectivity index (χ3v) is 4.59. The van der Waals surface area contributed by atoms with Crippen LogP contribution >= 0.6 is 11.6 Å². The summed E-state index contributed by atoms with van der Waals surface area (Å²) in [5, 5.41) is 10.1. The maximum absolute atomic E-state index is 13.1. The molecular formula is C19H16ClF3N6O. The number of benzene rings is 1. The van der Waals surface area contributed by atoms with E-state index in [4.69, 9.17) is 11.6 Å². The lowest BCUT2D eigenvalue weighted by molar-refractivity contribution is -0.137. The summed E-state index contributed by atoms with van der Waals surface area (Å²) >= 11 is 5.84. The van der Waals surface area contributed by atoms with Crippen molar-refractivity contribution in [2.45, 2.75) is 25.6 Å². The van der Waals surface area contributed by atoms with E-state index in [-0.39, 0.29) is 11.5 Å². The first-order valence-corrected chi connectivity index (χ1v) is 9.11. The van der Waals surface area contributed by atoms with E-state index in [1.807, 2.05) is 0 Å². The predicted octanol–water partition coefficient (Wildman–Crippen LogP) is 3.95. The Hall–Kier alpha value is -3.27. The van der Waals surface area contributed by atoms with Crippen LogP contribution in [0, 0.1) is 0 Å². The van der Waals surface area contributed by atoms with E-state index in [1.54, 1.807) is 31.5 Å². The summed E-state index contributed by atoms with van der Waals surface area (Å²) in [6, 6.07) is 4.13. The summed E-state index contributed by atoms with van der Waals surface area (Å²) in [7, 11) is 0. The molecule has 156 valence electrons. The van der Waals surface area contributed by atoms with Gasteiger partial charge in [0.2, 0.25) is 0 Å². The second-order valence-electron chi connectivity index (χ2n) is 6.23. The molecule has 1 atom stereocenters. The molecule has 1 aromatic carbocycles. The molecule has 0 fully saturated rings. The molecule has 0 aliphatic heterocycles. The fourth-order valence-corrected chi connectivity index (χ4v) is 3.13. The van der Waals surface area contributed by atoms with Crippen molar-refractivity contribution in [1.82, 2.24) is 30.3 Å². The molecule has 0 radical (unpaired) electrons. The molecule has 0 aliphatic rings. The standard InChI is InChI=1S/C19H16ClF3N6O/c1-3-6-14-16(27-28-29(14)18-24-9-5-10-25-18)11(2)26-17(30)12-7-4-8-13(15(12)20)19(21,22)23/h3-5,7-11H,1,6H2,2H3,(H,26,30). The van der Waals surface area contributed by atoms with E-state index in [9.17, 15) is 18.0 Å². The monoisotopic (exact) mass is 436 g/mol. The minimum Gasteiger partial charge on any atom is -0.344 e. The summed E-state index contributed by atoms with van der Waals surface area (Å²) in [6.45, 7) is 5.33. The maximum Gasteiger partial charge on any atom is 0.417 e. The molecule has 0 saturated carbocycles. The Labute approximate surface area is 174 Å². The molecule has 11 heteroatoms. The first-order chi connectivity index (χ1) is 14.2. The first kappa shape index (κ1) is 21.4. The number of halogens is 4. The number of carbonyl (C=O) groups excluding carboxylic acids is 1. The van der Waals surface area contributed by atoms with Gasteiger partial charge in [-0.2, -0.15) is 17.9 Å². The highest BCUT2D eigenvalue weighted by atomic mass is 35.5. The zero-order valence-electron chi connectivity index (χ0n) is 15.7. The average Bonchev–Trinajstić information content (AvgIpc) is 3.12. The SMILES string of the molecule is C=CCc1c(C(C)NC(=O)c2cccc(C(F)(F)F)c2Cl)nnn1-c1ncccn1. The molecule has 0 bridgehead atoms. The molecule has 3 rings (SSSR count). The summed E-state index contributed by atoms with van der Waals surface area (Å²) in [4.78, 5) is 20.9. The quantitative estimate of drug-likeness (QED) is 0.591. The Morgan fingerprint density at radius 3 is 2.63 bits per heavy atom. The highest BCUT2D eigenvalue weighted by molar-refractivity contribution is 6.34. The summed E-state index contributed by atoms with van der Waals surface area (Å²) in [5.74, 6) is -0.485. The van der Waals surface area contributed by atoms with Gasteiger partial charge in [0, 0.05) is 18.8 Å². The number of aromatic nitrogens is 5. The van der Waals surface area contributed by atoms with Gasteiger partial charge in [0.25, 0.3) is 11.9 Å². The van der Waals surface area contributed by atoms with Gasteiger partial charge in [0.1, 0.15) is 5.69 Å². The van der Waals surface area contributed by atoms with Crippen LogP contribution in [-0.4, -0.2) is 30.9 Å². The van der Waals surface area contributed by atoms with Crippen LogP contribution in [0.5, 0.6) is 0 Å². The molecule has 1 unspecified atom stereocenters. The van der Waals surface area contributed by atoms with Crippen LogP contribution in [0.4, 0.5) is 13.2 Å². The third-order valence-electron chi connectivity index (χ3n) is 4.18. The number of hydrogen-bond acceptors (Lipinski definition) is 5. The number of amides is 1. The van der Waals surface area contributed by atoms with Gasteiger partial charge in [-0.1, -0.05) is 29.0 Å². The average molecular weight is 437 g/mol. The van der Waals surface area contributed by atoms with E-state index in [1.165, 1.54) is 10.7 Å². The van der Waals surface area contributed by atoms with E-state index >= 15 is 0 Å². The number of alkyl halides is 3. The van der Waals surface area contributed by atoms with E-state index in [0.29, 0.717) is 17.8 Å². The number of nitrogens with zero attached hydrogens (tertiary/aromatic N) is 5. The Morgan fingerprint density at radius 2 is 2.00 bits per heavy atom. The van der Waals surface area contributed by atoms with Gasteiger partial charge >= 0.3 is 6.18 Å². The lowest BCUT2D eigenvalue weighted by Crippen LogP contribution is -2.28. The first-order valence-electron chi connectivity index (χ1n) is 8.73. The Morgan fingerprint density at radius 1 is 1.30 bits per heavy atom.